The van der Waals surface area contributed by atoms with Crippen LogP contribution in [0.4, 0.5) is 11.4 Å². The first kappa shape index (κ1) is 21.0. The number of ether oxygens (including phenoxy) is 2. The third kappa shape index (κ3) is 3.99. The lowest BCUT2D eigenvalue weighted by Gasteiger charge is -2.25. The van der Waals surface area contributed by atoms with Gasteiger partial charge in [-0.1, -0.05) is 35.3 Å². The molecule has 6 nitrogen and oxygen atoms in total. The molecule has 2 aliphatic heterocycles. The van der Waals surface area contributed by atoms with Gasteiger partial charge in [-0.3, -0.25) is 14.5 Å². The Morgan fingerprint density at radius 2 is 1.88 bits per heavy atom. The minimum atomic E-state index is -0.341. The molecule has 162 valence electrons. The molecule has 2 heterocycles. The Morgan fingerprint density at radius 1 is 1.03 bits per heavy atom. The van der Waals surface area contributed by atoms with E-state index in [0.717, 1.165) is 11.3 Å². The van der Waals surface area contributed by atoms with Gasteiger partial charge in [-0.25, -0.2) is 0 Å². The van der Waals surface area contributed by atoms with Crippen LogP contribution >= 0.6 is 35.0 Å². The van der Waals surface area contributed by atoms with Crippen LogP contribution in [0.5, 0.6) is 11.5 Å². The number of amides is 2. The monoisotopic (exact) mass is 486 g/mol. The molecular weight excluding hydrogens is 471 g/mol. The van der Waals surface area contributed by atoms with Gasteiger partial charge in [-0.15, -0.1) is 11.8 Å². The Kier molecular flexibility index (Phi) is 5.63. The van der Waals surface area contributed by atoms with Gasteiger partial charge >= 0.3 is 0 Å². The van der Waals surface area contributed by atoms with Crippen molar-refractivity contribution in [2.75, 3.05) is 22.8 Å². The van der Waals surface area contributed by atoms with Crippen LogP contribution < -0.4 is 19.7 Å². The summed E-state index contributed by atoms with van der Waals surface area (Å²) in [7, 11) is 0. The van der Waals surface area contributed by atoms with Crippen molar-refractivity contribution in [3.05, 3.63) is 81.8 Å². The second kappa shape index (κ2) is 8.58. The molecule has 3 aromatic rings. The van der Waals surface area contributed by atoms with Gasteiger partial charge in [0.05, 0.1) is 16.3 Å². The van der Waals surface area contributed by atoms with Crippen LogP contribution in [-0.4, -0.2) is 24.4 Å². The zero-order valence-corrected chi connectivity index (χ0v) is 18.8. The minimum absolute atomic E-state index is 0.00116. The maximum absolute atomic E-state index is 12.7. The molecule has 2 aliphatic rings. The average Bonchev–Trinajstić information content (AvgIpc) is 3.39. The van der Waals surface area contributed by atoms with Crippen LogP contribution in [0.25, 0.3) is 0 Å². The summed E-state index contributed by atoms with van der Waals surface area (Å²) in [6.07, 6.45) is 0. The van der Waals surface area contributed by atoms with E-state index in [2.05, 4.69) is 5.32 Å². The Hall–Kier alpha value is -2.87. The molecular formula is C23H16Cl2N2O4S. The summed E-state index contributed by atoms with van der Waals surface area (Å²) in [4.78, 5) is 27.1. The summed E-state index contributed by atoms with van der Waals surface area (Å²) < 4.78 is 10.8. The number of carbonyl (C=O) groups is 2. The fourth-order valence-corrected chi connectivity index (χ4v) is 5.29. The van der Waals surface area contributed by atoms with Gasteiger partial charge in [0, 0.05) is 22.5 Å². The quantitative estimate of drug-likeness (QED) is 0.508. The third-order valence-electron chi connectivity index (χ3n) is 5.11. The number of thioether (sulfide) groups is 1. The van der Waals surface area contributed by atoms with E-state index in [4.69, 9.17) is 32.7 Å². The second-order valence-electron chi connectivity index (χ2n) is 7.17. The molecule has 1 saturated heterocycles. The largest absolute Gasteiger partial charge is 0.454 e. The molecule has 2 amide bonds. The Labute approximate surface area is 198 Å². The number of halogens is 2. The first-order valence-electron chi connectivity index (χ1n) is 9.69. The molecule has 3 aromatic carbocycles. The van der Waals surface area contributed by atoms with Crippen molar-refractivity contribution < 1.29 is 19.1 Å². The normalized spacial score (nSPS) is 17.0. The Balaban J connectivity index is 1.40. The van der Waals surface area contributed by atoms with Crippen molar-refractivity contribution in [3.63, 3.8) is 0 Å². The van der Waals surface area contributed by atoms with E-state index < -0.39 is 0 Å². The van der Waals surface area contributed by atoms with Crippen LogP contribution in [0.1, 0.15) is 21.3 Å². The summed E-state index contributed by atoms with van der Waals surface area (Å²) in [6, 6.07) is 17.6. The molecule has 5 rings (SSSR count). The van der Waals surface area contributed by atoms with Crippen molar-refractivity contribution >= 4 is 58.2 Å². The molecule has 0 saturated carbocycles. The Morgan fingerprint density at radius 3 is 2.72 bits per heavy atom. The summed E-state index contributed by atoms with van der Waals surface area (Å²) >= 11 is 13.6. The zero-order chi connectivity index (χ0) is 22.2. The maximum atomic E-state index is 12.7. The fraction of sp³-hybridized carbons (Fsp3) is 0.130. The number of fused-ring (bicyclic) bond motifs is 1. The maximum Gasteiger partial charge on any atom is 0.257 e. The summed E-state index contributed by atoms with van der Waals surface area (Å²) in [6.45, 7) is 0.171. The molecule has 0 aliphatic carbocycles. The average molecular weight is 487 g/mol. The molecule has 0 aromatic heterocycles. The predicted octanol–water partition coefficient (Wildman–Crippen LogP) is 5.75. The lowest BCUT2D eigenvalue weighted by atomic mass is 10.1. The smallest absolute Gasteiger partial charge is 0.257 e. The van der Waals surface area contributed by atoms with Crippen LogP contribution in [-0.2, 0) is 4.79 Å². The van der Waals surface area contributed by atoms with Crippen molar-refractivity contribution in [2.45, 2.75) is 5.37 Å². The predicted molar refractivity (Wildman–Crippen MR) is 126 cm³/mol. The number of hydrogen-bond donors (Lipinski definition) is 1. The van der Waals surface area contributed by atoms with Gasteiger partial charge in [-0.2, -0.15) is 0 Å². The molecule has 1 fully saturated rings. The SMILES string of the molecule is O=C(Nc1cccc([C@H]2SCC(=O)N2c2ccc3c(c2)OCO3)c1)c1ccc(Cl)cc1Cl. The number of anilines is 2. The highest BCUT2D eigenvalue weighted by Crippen LogP contribution is 2.45. The third-order valence-corrected chi connectivity index (χ3v) is 6.87. The first-order chi connectivity index (χ1) is 15.5. The topological polar surface area (TPSA) is 67.9 Å². The molecule has 0 radical (unpaired) electrons. The van der Waals surface area contributed by atoms with Gasteiger partial charge in [0.1, 0.15) is 5.37 Å². The van der Waals surface area contributed by atoms with E-state index in [9.17, 15) is 9.59 Å². The summed E-state index contributed by atoms with van der Waals surface area (Å²) in [5.41, 5.74) is 2.55. The van der Waals surface area contributed by atoms with E-state index >= 15 is 0 Å². The van der Waals surface area contributed by atoms with Crippen molar-refractivity contribution in [3.8, 4) is 11.5 Å². The van der Waals surface area contributed by atoms with Gasteiger partial charge in [0.25, 0.3) is 5.91 Å². The summed E-state index contributed by atoms with van der Waals surface area (Å²) in [5.74, 6) is 1.30. The number of nitrogens with one attached hydrogen (secondary N) is 1. The van der Waals surface area contributed by atoms with Gasteiger partial charge < -0.3 is 14.8 Å². The zero-order valence-electron chi connectivity index (χ0n) is 16.5. The molecule has 0 spiro atoms. The fourth-order valence-electron chi connectivity index (χ4n) is 3.63. The highest BCUT2D eigenvalue weighted by molar-refractivity contribution is 8.00. The van der Waals surface area contributed by atoms with Gasteiger partial charge in [0.2, 0.25) is 12.7 Å². The molecule has 9 heteroatoms. The van der Waals surface area contributed by atoms with E-state index in [1.165, 1.54) is 17.8 Å². The van der Waals surface area contributed by atoms with Crippen LogP contribution in [0, 0.1) is 0 Å². The first-order valence-corrected chi connectivity index (χ1v) is 11.5. The highest BCUT2D eigenvalue weighted by atomic mass is 35.5. The van der Waals surface area contributed by atoms with E-state index in [-0.39, 0.29) is 29.0 Å². The standard InChI is InChI=1S/C23H16Cl2N2O4S/c24-14-4-6-17(18(25)9-14)22(29)26-15-3-1-2-13(8-15)23-27(21(28)11-32-23)16-5-7-19-20(10-16)31-12-30-19/h1-10,23H,11-12H2,(H,26,29)/t23-/m1/s1. The van der Waals surface area contributed by atoms with Gasteiger partial charge in [0.15, 0.2) is 11.5 Å². The molecule has 32 heavy (non-hydrogen) atoms. The number of rotatable bonds is 4. The number of benzene rings is 3. The van der Waals surface area contributed by atoms with Crippen LogP contribution in [0.3, 0.4) is 0 Å². The molecule has 1 N–H and O–H groups in total. The van der Waals surface area contributed by atoms with Crippen molar-refractivity contribution in [1.82, 2.24) is 0 Å². The lowest BCUT2D eigenvalue weighted by molar-refractivity contribution is -0.115. The van der Waals surface area contributed by atoms with Gasteiger partial charge in [-0.05, 0) is 48.0 Å². The van der Waals surface area contributed by atoms with Crippen LogP contribution in [0.2, 0.25) is 10.0 Å². The second-order valence-corrected chi connectivity index (χ2v) is 9.08. The summed E-state index contributed by atoms with van der Waals surface area (Å²) in [5, 5.41) is 3.36. The molecule has 1 atom stereocenters. The molecule has 0 bridgehead atoms. The van der Waals surface area contributed by atoms with E-state index in [0.29, 0.717) is 33.5 Å². The Bertz CT molecular complexity index is 1240. The number of hydrogen-bond acceptors (Lipinski definition) is 5. The molecule has 0 unspecified atom stereocenters. The van der Waals surface area contributed by atoms with Crippen LogP contribution in [0.15, 0.2) is 60.7 Å². The number of nitrogens with zero attached hydrogens (tertiary/aromatic N) is 1. The van der Waals surface area contributed by atoms with E-state index in [1.54, 1.807) is 29.2 Å². The van der Waals surface area contributed by atoms with Crippen molar-refractivity contribution in [1.29, 1.82) is 0 Å². The minimum Gasteiger partial charge on any atom is -0.454 e. The van der Waals surface area contributed by atoms with E-state index in [1.807, 2.05) is 30.3 Å². The highest BCUT2D eigenvalue weighted by Gasteiger charge is 2.35. The lowest BCUT2D eigenvalue weighted by Crippen LogP contribution is -2.27. The van der Waals surface area contributed by atoms with Crippen molar-refractivity contribution in [2.24, 2.45) is 0 Å². The number of carbonyl (C=O) groups excluding carboxylic acids is 2.